The van der Waals surface area contributed by atoms with E-state index in [2.05, 4.69) is 10.2 Å². The minimum absolute atomic E-state index is 0.0483. The number of hydrogen-bond donors (Lipinski definition) is 3. The third-order valence-corrected chi connectivity index (χ3v) is 4.68. The smallest absolute Gasteiger partial charge is 0.282 e. The molecule has 3 N–H and O–H groups in total. The minimum Gasteiger partial charge on any atom is -0.506 e. The lowest BCUT2D eigenvalue weighted by Gasteiger charge is -2.36. The van der Waals surface area contributed by atoms with Crippen LogP contribution in [-0.2, 0) is 4.79 Å². The molecular weight excluding hydrogens is 302 g/mol. The summed E-state index contributed by atoms with van der Waals surface area (Å²) in [5, 5.41) is 13.0. The van der Waals surface area contributed by atoms with Gasteiger partial charge in [-0.15, -0.1) is 0 Å². The number of benzene rings is 2. The summed E-state index contributed by atoms with van der Waals surface area (Å²) < 4.78 is 0. The van der Waals surface area contributed by atoms with E-state index >= 15 is 0 Å². The summed E-state index contributed by atoms with van der Waals surface area (Å²) in [6, 6.07) is 16.9. The van der Waals surface area contributed by atoms with Crippen molar-refractivity contribution in [2.75, 3.05) is 36.4 Å². The molecule has 0 aliphatic carbocycles. The summed E-state index contributed by atoms with van der Waals surface area (Å²) in [5.74, 6) is 0.364. The average Bonchev–Trinajstić information content (AvgIpc) is 2.62. The molecule has 0 saturated carbocycles. The molecule has 1 aliphatic heterocycles. The fourth-order valence-electron chi connectivity index (χ4n) is 3.16. The van der Waals surface area contributed by atoms with Gasteiger partial charge in [0.1, 0.15) is 5.75 Å². The Labute approximate surface area is 142 Å². The Balaban J connectivity index is 1.56. The number of carbonyl (C=O) groups excluding carboxylic acids is 1. The highest BCUT2D eigenvalue weighted by Gasteiger charge is 2.29. The number of quaternary nitrogens is 1. The molecule has 5 nitrogen and oxygen atoms in total. The van der Waals surface area contributed by atoms with Gasteiger partial charge in [-0.3, -0.25) is 4.79 Å². The fourth-order valence-corrected chi connectivity index (χ4v) is 3.16. The van der Waals surface area contributed by atoms with Gasteiger partial charge in [0.2, 0.25) is 0 Å². The van der Waals surface area contributed by atoms with Gasteiger partial charge >= 0.3 is 0 Å². The Morgan fingerprint density at radius 1 is 1.08 bits per heavy atom. The van der Waals surface area contributed by atoms with E-state index in [0.29, 0.717) is 5.75 Å². The lowest BCUT2D eigenvalue weighted by molar-refractivity contribution is -0.914. The summed E-state index contributed by atoms with van der Waals surface area (Å²) in [5.41, 5.74) is 1.71. The third-order valence-electron chi connectivity index (χ3n) is 4.68. The van der Waals surface area contributed by atoms with Crippen LogP contribution in [0.2, 0.25) is 0 Å². The van der Waals surface area contributed by atoms with Gasteiger partial charge < -0.3 is 20.2 Å². The molecule has 1 fully saturated rings. The first-order chi connectivity index (χ1) is 11.6. The zero-order valence-corrected chi connectivity index (χ0v) is 13.9. The van der Waals surface area contributed by atoms with Crippen LogP contribution in [0.3, 0.4) is 0 Å². The van der Waals surface area contributed by atoms with E-state index in [4.69, 9.17) is 0 Å². The Hall–Kier alpha value is -2.53. The van der Waals surface area contributed by atoms with Crippen LogP contribution in [0, 0.1) is 0 Å². The number of rotatable bonds is 4. The number of aromatic hydroxyl groups is 1. The molecule has 0 unspecified atom stereocenters. The van der Waals surface area contributed by atoms with E-state index in [-0.39, 0.29) is 11.9 Å². The van der Waals surface area contributed by atoms with Crippen molar-refractivity contribution < 1.29 is 14.8 Å². The lowest BCUT2D eigenvalue weighted by atomic mass is 10.2. The molecule has 3 rings (SSSR count). The van der Waals surface area contributed by atoms with E-state index in [1.54, 1.807) is 6.07 Å². The van der Waals surface area contributed by atoms with Gasteiger partial charge in [-0.25, -0.2) is 0 Å². The number of amides is 1. The number of phenols is 1. The number of para-hydroxylation sites is 3. The Morgan fingerprint density at radius 3 is 2.38 bits per heavy atom. The molecule has 2 aromatic rings. The van der Waals surface area contributed by atoms with Gasteiger partial charge in [-0.2, -0.15) is 0 Å². The van der Waals surface area contributed by atoms with E-state index in [1.165, 1.54) is 4.90 Å². The third kappa shape index (κ3) is 3.68. The molecule has 1 saturated heterocycles. The molecule has 0 aromatic heterocycles. The summed E-state index contributed by atoms with van der Waals surface area (Å²) >= 11 is 0. The van der Waals surface area contributed by atoms with Gasteiger partial charge in [0.15, 0.2) is 6.04 Å². The van der Waals surface area contributed by atoms with Crippen LogP contribution in [0.15, 0.2) is 54.6 Å². The quantitative estimate of drug-likeness (QED) is 0.789. The van der Waals surface area contributed by atoms with Crippen LogP contribution in [0.4, 0.5) is 11.4 Å². The predicted molar refractivity (Wildman–Crippen MR) is 95.6 cm³/mol. The predicted octanol–water partition coefficient (Wildman–Crippen LogP) is 1.12. The van der Waals surface area contributed by atoms with E-state index in [9.17, 15) is 9.90 Å². The summed E-state index contributed by atoms with van der Waals surface area (Å²) in [4.78, 5) is 15.9. The number of nitrogens with one attached hydrogen (secondary N) is 2. The SMILES string of the molecule is C[C@@H](C(=O)Nc1ccccc1)[NH+]1CCN(c2ccccc2O)CC1. The average molecular weight is 326 g/mol. The number of piperazine rings is 1. The standard InChI is InChI=1S/C19H23N3O2/c1-15(19(24)20-16-7-3-2-4-8-16)21-11-13-22(14-12-21)17-9-5-6-10-18(17)23/h2-10,15,23H,11-14H2,1H3,(H,20,24)/p+1/t15-/m0/s1. The van der Waals surface area contributed by atoms with Gasteiger partial charge in [0.25, 0.3) is 5.91 Å². The highest BCUT2D eigenvalue weighted by atomic mass is 16.3. The van der Waals surface area contributed by atoms with Crippen molar-refractivity contribution in [3.8, 4) is 5.75 Å². The molecule has 126 valence electrons. The molecular formula is C19H24N3O2+. The van der Waals surface area contributed by atoms with Crippen molar-refractivity contribution in [2.24, 2.45) is 0 Å². The van der Waals surface area contributed by atoms with Gasteiger partial charge in [-0.1, -0.05) is 30.3 Å². The minimum atomic E-state index is -0.100. The molecule has 0 radical (unpaired) electrons. The van der Waals surface area contributed by atoms with Crippen molar-refractivity contribution in [1.29, 1.82) is 0 Å². The van der Waals surface area contributed by atoms with E-state index in [0.717, 1.165) is 37.6 Å². The summed E-state index contributed by atoms with van der Waals surface area (Å²) in [7, 11) is 0. The summed E-state index contributed by atoms with van der Waals surface area (Å²) in [6.45, 7) is 5.38. The Kier molecular flexibility index (Phi) is 5.01. The molecule has 5 heteroatoms. The fraction of sp³-hybridized carbons (Fsp3) is 0.316. The topological polar surface area (TPSA) is 57.0 Å². The van der Waals surface area contributed by atoms with Crippen molar-refractivity contribution in [1.82, 2.24) is 0 Å². The largest absolute Gasteiger partial charge is 0.506 e. The van der Waals surface area contributed by atoms with Gasteiger partial charge in [-0.05, 0) is 31.2 Å². The highest BCUT2D eigenvalue weighted by molar-refractivity contribution is 5.93. The van der Waals surface area contributed by atoms with Gasteiger partial charge in [0, 0.05) is 5.69 Å². The molecule has 1 aliphatic rings. The first-order valence-corrected chi connectivity index (χ1v) is 8.38. The van der Waals surface area contributed by atoms with Crippen molar-refractivity contribution in [3.05, 3.63) is 54.6 Å². The van der Waals surface area contributed by atoms with Crippen LogP contribution < -0.4 is 15.1 Å². The molecule has 1 atom stereocenters. The molecule has 2 aromatic carbocycles. The van der Waals surface area contributed by atoms with Crippen LogP contribution in [0.1, 0.15) is 6.92 Å². The van der Waals surface area contributed by atoms with Crippen LogP contribution in [0.5, 0.6) is 5.75 Å². The van der Waals surface area contributed by atoms with Crippen LogP contribution in [0.25, 0.3) is 0 Å². The number of hydrogen-bond acceptors (Lipinski definition) is 3. The number of phenolic OH excluding ortho intramolecular Hbond substituents is 1. The molecule has 1 amide bonds. The maximum atomic E-state index is 12.4. The number of anilines is 2. The van der Waals surface area contributed by atoms with Crippen LogP contribution in [-0.4, -0.2) is 43.2 Å². The highest BCUT2D eigenvalue weighted by Crippen LogP contribution is 2.25. The summed E-state index contributed by atoms with van der Waals surface area (Å²) in [6.07, 6.45) is 0. The molecule has 0 spiro atoms. The van der Waals surface area contributed by atoms with E-state index < -0.39 is 0 Å². The monoisotopic (exact) mass is 326 g/mol. The van der Waals surface area contributed by atoms with Crippen LogP contribution >= 0.6 is 0 Å². The zero-order chi connectivity index (χ0) is 16.9. The second-order valence-electron chi connectivity index (χ2n) is 6.21. The second-order valence-corrected chi connectivity index (χ2v) is 6.21. The number of carbonyl (C=O) groups is 1. The maximum Gasteiger partial charge on any atom is 0.282 e. The maximum absolute atomic E-state index is 12.4. The second kappa shape index (κ2) is 7.36. The van der Waals surface area contributed by atoms with Crippen molar-refractivity contribution >= 4 is 17.3 Å². The Morgan fingerprint density at radius 2 is 1.71 bits per heavy atom. The Bertz CT molecular complexity index is 682. The number of nitrogens with zero attached hydrogens (tertiary/aromatic N) is 1. The normalized spacial score (nSPS) is 16.6. The molecule has 24 heavy (non-hydrogen) atoms. The van der Waals surface area contributed by atoms with E-state index in [1.807, 2.05) is 55.5 Å². The molecule has 0 bridgehead atoms. The first kappa shape index (κ1) is 16.3. The first-order valence-electron chi connectivity index (χ1n) is 8.38. The lowest BCUT2D eigenvalue weighted by Crippen LogP contribution is -3.19. The van der Waals surface area contributed by atoms with Crippen molar-refractivity contribution in [3.63, 3.8) is 0 Å². The zero-order valence-electron chi connectivity index (χ0n) is 13.9. The molecule has 1 heterocycles. The van der Waals surface area contributed by atoms with Crippen molar-refractivity contribution in [2.45, 2.75) is 13.0 Å². The van der Waals surface area contributed by atoms with Gasteiger partial charge in [0.05, 0.1) is 31.9 Å².